The number of aryl methyl sites for hydroxylation is 2. The molecular formula is C24H29N7O2. The third-order valence-corrected chi connectivity index (χ3v) is 6.17. The van der Waals surface area contributed by atoms with Crippen molar-refractivity contribution in [2.24, 2.45) is 0 Å². The molecule has 3 N–H and O–H groups in total. The smallest absolute Gasteiger partial charge is 0.275 e. The molecule has 5 rings (SSSR count). The third kappa shape index (κ3) is 4.83. The van der Waals surface area contributed by atoms with Crippen molar-refractivity contribution < 1.29 is 9.53 Å². The Bertz CT molecular complexity index is 1120. The first kappa shape index (κ1) is 21.4. The Morgan fingerprint density at radius 1 is 1.06 bits per heavy atom. The molecule has 2 aliphatic rings. The molecule has 0 saturated carbocycles. The van der Waals surface area contributed by atoms with E-state index in [1.165, 1.54) is 6.42 Å². The van der Waals surface area contributed by atoms with Crippen LogP contribution in [0.2, 0.25) is 0 Å². The van der Waals surface area contributed by atoms with Crippen LogP contribution in [0, 0.1) is 6.92 Å². The number of anilines is 4. The van der Waals surface area contributed by atoms with Crippen LogP contribution in [0.4, 0.5) is 22.9 Å². The van der Waals surface area contributed by atoms with Crippen LogP contribution in [0.5, 0.6) is 0 Å². The van der Waals surface area contributed by atoms with E-state index in [1.54, 1.807) is 6.20 Å². The van der Waals surface area contributed by atoms with Gasteiger partial charge in [0.15, 0.2) is 0 Å². The molecule has 1 amide bonds. The average molecular weight is 448 g/mol. The molecule has 1 fully saturated rings. The first-order valence-corrected chi connectivity index (χ1v) is 11.6. The van der Waals surface area contributed by atoms with E-state index in [9.17, 15) is 4.79 Å². The fourth-order valence-electron chi connectivity index (χ4n) is 4.45. The maximum atomic E-state index is 13.0. The van der Waals surface area contributed by atoms with Crippen LogP contribution in [0.1, 0.15) is 46.8 Å². The van der Waals surface area contributed by atoms with Gasteiger partial charge in [-0.05, 0) is 56.9 Å². The van der Waals surface area contributed by atoms with E-state index < -0.39 is 0 Å². The topological polar surface area (TPSA) is 108 Å². The standard InChI is InChI=1S/C24H29N7O2/c1-16-26-20-6-4-2-3-5-19(20)23(27-16)29-21-15-25-30-22(21)24(32)28-17-7-9-18(10-8-17)31-11-13-33-14-12-31/h7-10,15H,2-6,11-14H2,1H3,(H,25,30)(H,28,32)(H,26,27,29). The van der Waals surface area contributed by atoms with Crippen LogP contribution in [-0.4, -0.2) is 52.4 Å². The molecule has 9 nitrogen and oxygen atoms in total. The Hall–Kier alpha value is -3.46. The molecule has 1 saturated heterocycles. The normalized spacial score (nSPS) is 16.1. The number of benzene rings is 1. The summed E-state index contributed by atoms with van der Waals surface area (Å²) >= 11 is 0. The van der Waals surface area contributed by atoms with Gasteiger partial charge < -0.3 is 20.3 Å². The Kier molecular flexibility index (Phi) is 6.21. The predicted octanol–water partition coefficient (Wildman–Crippen LogP) is 3.61. The summed E-state index contributed by atoms with van der Waals surface area (Å²) in [7, 11) is 0. The maximum absolute atomic E-state index is 13.0. The van der Waals surface area contributed by atoms with Gasteiger partial charge >= 0.3 is 0 Å². The molecule has 9 heteroatoms. The summed E-state index contributed by atoms with van der Waals surface area (Å²) < 4.78 is 5.41. The van der Waals surface area contributed by atoms with Crippen molar-refractivity contribution in [2.75, 3.05) is 41.8 Å². The van der Waals surface area contributed by atoms with E-state index in [0.29, 0.717) is 11.4 Å². The Morgan fingerprint density at radius 3 is 2.67 bits per heavy atom. The number of hydrogen-bond acceptors (Lipinski definition) is 7. The molecule has 0 unspecified atom stereocenters. The highest BCUT2D eigenvalue weighted by atomic mass is 16.5. The Labute approximate surface area is 193 Å². The number of hydrogen-bond donors (Lipinski definition) is 3. The lowest BCUT2D eigenvalue weighted by Gasteiger charge is -2.28. The minimum Gasteiger partial charge on any atom is -0.378 e. The van der Waals surface area contributed by atoms with Gasteiger partial charge in [0.05, 0.1) is 25.1 Å². The van der Waals surface area contributed by atoms with Gasteiger partial charge in [-0.25, -0.2) is 9.97 Å². The van der Waals surface area contributed by atoms with E-state index >= 15 is 0 Å². The van der Waals surface area contributed by atoms with Crippen LogP contribution in [-0.2, 0) is 17.6 Å². The summed E-state index contributed by atoms with van der Waals surface area (Å²) in [6, 6.07) is 7.87. The number of rotatable bonds is 5. The lowest BCUT2D eigenvalue weighted by Crippen LogP contribution is -2.36. The number of ether oxygens (including phenoxy) is 1. The number of carbonyl (C=O) groups excluding carboxylic acids is 1. The summed E-state index contributed by atoms with van der Waals surface area (Å²) in [4.78, 5) is 24.6. The van der Waals surface area contributed by atoms with Gasteiger partial charge in [-0.15, -0.1) is 0 Å². The van der Waals surface area contributed by atoms with Crippen molar-refractivity contribution in [3.8, 4) is 0 Å². The van der Waals surface area contributed by atoms with Gasteiger partial charge in [0.2, 0.25) is 0 Å². The summed E-state index contributed by atoms with van der Waals surface area (Å²) in [5.41, 5.74) is 5.07. The van der Waals surface area contributed by atoms with E-state index in [4.69, 9.17) is 4.74 Å². The van der Waals surface area contributed by atoms with Crippen LogP contribution in [0.15, 0.2) is 30.5 Å². The van der Waals surface area contributed by atoms with Crippen molar-refractivity contribution in [2.45, 2.75) is 39.0 Å². The zero-order chi connectivity index (χ0) is 22.6. The number of nitrogens with zero attached hydrogens (tertiary/aromatic N) is 4. The molecule has 1 aromatic carbocycles. The van der Waals surface area contributed by atoms with Gasteiger partial charge in [-0.1, -0.05) is 6.42 Å². The number of fused-ring (bicyclic) bond motifs is 1. The highest BCUT2D eigenvalue weighted by Gasteiger charge is 2.20. The molecule has 0 radical (unpaired) electrons. The second-order valence-corrected chi connectivity index (χ2v) is 8.49. The van der Waals surface area contributed by atoms with E-state index in [-0.39, 0.29) is 5.91 Å². The fraction of sp³-hybridized carbons (Fsp3) is 0.417. The quantitative estimate of drug-likeness (QED) is 0.513. The van der Waals surface area contributed by atoms with Crippen LogP contribution in [0.25, 0.3) is 0 Å². The number of aromatic amines is 1. The molecule has 33 heavy (non-hydrogen) atoms. The van der Waals surface area contributed by atoms with Crippen molar-refractivity contribution in [1.29, 1.82) is 0 Å². The number of morpholine rings is 1. The summed E-state index contributed by atoms with van der Waals surface area (Å²) in [6.45, 7) is 5.13. The summed E-state index contributed by atoms with van der Waals surface area (Å²) in [6.07, 6.45) is 6.98. The zero-order valence-corrected chi connectivity index (χ0v) is 18.9. The summed E-state index contributed by atoms with van der Waals surface area (Å²) in [5.74, 6) is 1.24. The molecule has 1 aliphatic heterocycles. The maximum Gasteiger partial charge on any atom is 0.275 e. The first-order valence-electron chi connectivity index (χ1n) is 11.6. The molecule has 0 bridgehead atoms. The minimum absolute atomic E-state index is 0.258. The SMILES string of the molecule is Cc1nc2c(c(Nc3cn[nH]c3C(=O)Nc3ccc(N4CCOCC4)cc3)n1)CCCCC2. The molecule has 172 valence electrons. The molecule has 3 heterocycles. The van der Waals surface area contributed by atoms with Gasteiger partial charge in [0, 0.05) is 35.7 Å². The van der Waals surface area contributed by atoms with Crippen molar-refractivity contribution in [3.05, 3.63) is 53.2 Å². The van der Waals surface area contributed by atoms with Crippen molar-refractivity contribution in [1.82, 2.24) is 20.2 Å². The lowest BCUT2D eigenvalue weighted by molar-refractivity contribution is 0.102. The van der Waals surface area contributed by atoms with Crippen LogP contribution >= 0.6 is 0 Å². The van der Waals surface area contributed by atoms with Gasteiger partial charge in [-0.3, -0.25) is 9.89 Å². The van der Waals surface area contributed by atoms with Gasteiger partial charge in [0.1, 0.15) is 17.3 Å². The molecule has 0 atom stereocenters. The Balaban J connectivity index is 1.31. The van der Waals surface area contributed by atoms with Crippen LogP contribution in [0.3, 0.4) is 0 Å². The second-order valence-electron chi connectivity index (χ2n) is 8.49. The highest BCUT2D eigenvalue weighted by Crippen LogP contribution is 2.28. The number of nitrogens with one attached hydrogen (secondary N) is 3. The van der Waals surface area contributed by atoms with E-state index in [2.05, 4.69) is 35.7 Å². The van der Waals surface area contributed by atoms with Gasteiger partial charge in [-0.2, -0.15) is 5.10 Å². The first-order chi connectivity index (χ1) is 16.2. The minimum atomic E-state index is -0.258. The number of amides is 1. The number of carbonyl (C=O) groups is 1. The summed E-state index contributed by atoms with van der Waals surface area (Å²) in [5, 5.41) is 13.2. The molecular weight excluding hydrogens is 418 g/mol. The third-order valence-electron chi connectivity index (χ3n) is 6.17. The fourth-order valence-corrected chi connectivity index (χ4v) is 4.45. The second kappa shape index (κ2) is 9.58. The Morgan fingerprint density at radius 2 is 1.85 bits per heavy atom. The molecule has 3 aromatic rings. The van der Waals surface area contributed by atoms with E-state index in [0.717, 1.165) is 86.3 Å². The highest BCUT2D eigenvalue weighted by molar-refractivity contribution is 6.06. The monoisotopic (exact) mass is 447 g/mol. The van der Waals surface area contributed by atoms with Gasteiger partial charge in [0.25, 0.3) is 5.91 Å². The van der Waals surface area contributed by atoms with Crippen molar-refractivity contribution in [3.63, 3.8) is 0 Å². The van der Waals surface area contributed by atoms with Crippen molar-refractivity contribution >= 4 is 28.8 Å². The average Bonchev–Trinajstić information content (AvgIpc) is 3.16. The molecule has 2 aromatic heterocycles. The molecule has 0 spiro atoms. The zero-order valence-electron chi connectivity index (χ0n) is 18.9. The largest absolute Gasteiger partial charge is 0.378 e. The number of aromatic nitrogens is 4. The lowest BCUT2D eigenvalue weighted by atomic mass is 10.1. The number of H-pyrrole nitrogens is 1. The molecule has 1 aliphatic carbocycles. The predicted molar refractivity (Wildman–Crippen MR) is 127 cm³/mol. The van der Waals surface area contributed by atoms with Crippen LogP contribution < -0.4 is 15.5 Å². The van der Waals surface area contributed by atoms with E-state index in [1.807, 2.05) is 31.2 Å².